The highest BCUT2D eigenvalue weighted by molar-refractivity contribution is 7.99. The number of nitrogens with zero attached hydrogens (tertiary/aromatic N) is 3. The van der Waals surface area contributed by atoms with Crippen LogP contribution in [-0.4, -0.2) is 53.6 Å². The van der Waals surface area contributed by atoms with E-state index in [-0.39, 0.29) is 0 Å². The van der Waals surface area contributed by atoms with E-state index >= 15 is 0 Å². The Labute approximate surface area is 129 Å². The van der Waals surface area contributed by atoms with Gasteiger partial charge in [0.1, 0.15) is 5.52 Å². The number of rotatable bonds is 2. The number of hydrogen-bond donors (Lipinski definition) is 0. The molecule has 0 N–H and O–H groups in total. The minimum Gasteiger partial charge on any atom is -0.423 e. The standard InChI is InChI=1S/C16H21N3OS/c1-2-4-15-14(3-1)17-16(20-15)19-7-5-13(6-8-19)18-9-11-21-12-10-18/h1-4,13H,5-12H2. The van der Waals surface area contributed by atoms with Crippen LogP contribution < -0.4 is 4.90 Å². The Hall–Kier alpha value is -1.20. The van der Waals surface area contributed by atoms with Crippen LogP contribution in [0.15, 0.2) is 28.7 Å². The van der Waals surface area contributed by atoms with Gasteiger partial charge in [-0.25, -0.2) is 0 Å². The molecule has 2 saturated heterocycles. The lowest BCUT2D eigenvalue weighted by Crippen LogP contribution is -2.47. The van der Waals surface area contributed by atoms with Gasteiger partial charge < -0.3 is 9.32 Å². The smallest absolute Gasteiger partial charge is 0.298 e. The zero-order chi connectivity index (χ0) is 14.1. The van der Waals surface area contributed by atoms with Crippen molar-refractivity contribution in [3.63, 3.8) is 0 Å². The molecule has 2 fully saturated rings. The van der Waals surface area contributed by atoms with Crippen molar-refractivity contribution in [2.45, 2.75) is 18.9 Å². The van der Waals surface area contributed by atoms with Gasteiger partial charge in [0, 0.05) is 43.7 Å². The Balaban J connectivity index is 1.42. The Bertz CT molecular complexity index is 567. The summed E-state index contributed by atoms with van der Waals surface area (Å²) in [5.74, 6) is 2.59. The Morgan fingerprint density at radius 3 is 2.57 bits per heavy atom. The average Bonchev–Trinajstić information content (AvgIpc) is 3.00. The number of piperidine rings is 1. The summed E-state index contributed by atoms with van der Waals surface area (Å²) in [4.78, 5) is 9.60. The van der Waals surface area contributed by atoms with E-state index in [1.807, 2.05) is 24.3 Å². The zero-order valence-corrected chi connectivity index (χ0v) is 13.0. The fourth-order valence-corrected chi connectivity index (χ4v) is 4.29. The molecular weight excluding hydrogens is 282 g/mol. The molecule has 3 heterocycles. The Kier molecular flexibility index (Phi) is 3.78. The van der Waals surface area contributed by atoms with E-state index in [0.29, 0.717) is 0 Å². The highest BCUT2D eigenvalue weighted by atomic mass is 32.2. The maximum absolute atomic E-state index is 5.89. The van der Waals surface area contributed by atoms with Crippen LogP contribution in [0.1, 0.15) is 12.8 Å². The van der Waals surface area contributed by atoms with Crippen molar-refractivity contribution in [1.29, 1.82) is 0 Å². The first kappa shape index (κ1) is 13.5. The summed E-state index contributed by atoms with van der Waals surface area (Å²) >= 11 is 2.09. The molecule has 0 aliphatic carbocycles. The normalized spacial score (nSPS) is 22.0. The summed E-state index contributed by atoms with van der Waals surface area (Å²) in [6.07, 6.45) is 2.45. The molecule has 0 unspecified atom stereocenters. The van der Waals surface area contributed by atoms with E-state index in [1.54, 1.807) is 0 Å². The highest BCUT2D eigenvalue weighted by Gasteiger charge is 2.27. The highest BCUT2D eigenvalue weighted by Crippen LogP contribution is 2.26. The molecule has 2 aliphatic heterocycles. The van der Waals surface area contributed by atoms with Crippen molar-refractivity contribution in [3.8, 4) is 0 Å². The van der Waals surface area contributed by atoms with Crippen molar-refractivity contribution in [1.82, 2.24) is 9.88 Å². The molecule has 0 radical (unpaired) electrons. The Morgan fingerprint density at radius 1 is 1.05 bits per heavy atom. The lowest BCUT2D eigenvalue weighted by molar-refractivity contribution is 0.184. The maximum atomic E-state index is 5.89. The van der Waals surface area contributed by atoms with Crippen LogP contribution in [0, 0.1) is 0 Å². The molecule has 21 heavy (non-hydrogen) atoms. The van der Waals surface area contributed by atoms with Crippen LogP contribution in [0.5, 0.6) is 0 Å². The number of oxazole rings is 1. The van der Waals surface area contributed by atoms with Gasteiger partial charge in [-0.15, -0.1) is 0 Å². The van der Waals surface area contributed by atoms with E-state index in [2.05, 4.69) is 26.5 Å². The molecular formula is C16H21N3OS. The van der Waals surface area contributed by atoms with E-state index in [0.717, 1.165) is 36.2 Å². The molecule has 4 nitrogen and oxygen atoms in total. The number of aromatic nitrogens is 1. The van der Waals surface area contributed by atoms with Gasteiger partial charge in [-0.3, -0.25) is 4.90 Å². The molecule has 112 valence electrons. The molecule has 0 atom stereocenters. The van der Waals surface area contributed by atoms with Crippen LogP contribution in [-0.2, 0) is 0 Å². The predicted octanol–water partition coefficient (Wildman–Crippen LogP) is 2.85. The van der Waals surface area contributed by atoms with Gasteiger partial charge in [-0.05, 0) is 25.0 Å². The zero-order valence-electron chi connectivity index (χ0n) is 12.2. The molecule has 5 heteroatoms. The van der Waals surface area contributed by atoms with Crippen molar-refractivity contribution < 1.29 is 4.42 Å². The second-order valence-electron chi connectivity index (χ2n) is 5.83. The third-order valence-corrected chi connectivity index (χ3v) is 5.52. The van der Waals surface area contributed by atoms with Crippen molar-refractivity contribution in [2.75, 3.05) is 42.6 Å². The monoisotopic (exact) mass is 303 g/mol. The lowest BCUT2D eigenvalue weighted by atomic mass is 10.0. The van der Waals surface area contributed by atoms with Crippen LogP contribution in [0.2, 0.25) is 0 Å². The molecule has 0 amide bonds. The molecule has 0 spiro atoms. The molecule has 0 bridgehead atoms. The predicted molar refractivity (Wildman–Crippen MR) is 88.1 cm³/mol. The van der Waals surface area contributed by atoms with Gasteiger partial charge in [-0.1, -0.05) is 12.1 Å². The first-order chi connectivity index (χ1) is 10.4. The largest absolute Gasteiger partial charge is 0.423 e. The van der Waals surface area contributed by atoms with Gasteiger partial charge >= 0.3 is 0 Å². The third kappa shape index (κ3) is 2.77. The number of fused-ring (bicyclic) bond motifs is 1. The molecule has 4 rings (SSSR count). The van der Waals surface area contributed by atoms with Gasteiger partial charge in [0.2, 0.25) is 0 Å². The van der Waals surface area contributed by atoms with Crippen molar-refractivity contribution in [3.05, 3.63) is 24.3 Å². The Morgan fingerprint density at radius 2 is 1.81 bits per heavy atom. The number of thioether (sulfide) groups is 1. The summed E-state index contributed by atoms with van der Waals surface area (Å²) < 4.78 is 5.89. The summed E-state index contributed by atoms with van der Waals surface area (Å²) in [6.45, 7) is 4.64. The van der Waals surface area contributed by atoms with Crippen molar-refractivity contribution >= 4 is 28.9 Å². The summed E-state index contributed by atoms with van der Waals surface area (Å²) in [6, 6.07) is 9.56. The van der Waals surface area contributed by atoms with E-state index in [9.17, 15) is 0 Å². The summed E-state index contributed by atoms with van der Waals surface area (Å²) in [5, 5.41) is 0. The molecule has 2 aromatic rings. The average molecular weight is 303 g/mol. The van der Waals surface area contributed by atoms with Crippen LogP contribution in [0.4, 0.5) is 6.01 Å². The van der Waals surface area contributed by atoms with Crippen LogP contribution >= 0.6 is 11.8 Å². The van der Waals surface area contributed by atoms with E-state index in [1.165, 1.54) is 37.4 Å². The van der Waals surface area contributed by atoms with E-state index in [4.69, 9.17) is 4.42 Å². The second-order valence-corrected chi connectivity index (χ2v) is 7.06. The lowest BCUT2D eigenvalue weighted by Gasteiger charge is -2.39. The van der Waals surface area contributed by atoms with E-state index < -0.39 is 0 Å². The molecule has 0 saturated carbocycles. The first-order valence-electron chi connectivity index (χ1n) is 7.82. The third-order valence-electron chi connectivity index (χ3n) is 4.58. The number of anilines is 1. The second kappa shape index (κ2) is 5.89. The van der Waals surface area contributed by atoms with Gasteiger partial charge in [0.15, 0.2) is 5.58 Å². The SMILES string of the molecule is c1ccc2oc(N3CCC(N4CCSCC4)CC3)nc2c1. The quantitative estimate of drug-likeness (QED) is 0.852. The van der Waals surface area contributed by atoms with Crippen LogP contribution in [0.25, 0.3) is 11.1 Å². The number of hydrogen-bond acceptors (Lipinski definition) is 5. The van der Waals surface area contributed by atoms with Gasteiger partial charge in [0.25, 0.3) is 6.01 Å². The fourth-order valence-electron chi connectivity index (χ4n) is 3.36. The molecule has 1 aromatic carbocycles. The fraction of sp³-hybridized carbons (Fsp3) is 0.562. The minimum absolute atomic E-state index is 0.756. The summed E-state index contributed by atoms with van der Waals surface area (Å²) in [5.41, 5.74) is 1.85. The maximum Gasteiger partial charge on any atom is 0.298 e. The number of benzene rings is 1. The van der Waals surface area contributed by atoms with Crippen LogP contribution in [0.3, 0.4) is 0 Å². The molecule has 2 aliphatic rings. The number of para-hydroxylation sites is 2. The summed E-state index contributed by atoms with van der Waals surface area (Å²) in [7, 11) is 0. The molecule has 1 aromatic heterocycles. The minimum atomic E-state index is 0.756. The first-order valence-corrected chi connectivity index (χ1v) is 8.98. The van der Waals surface area contributed by atoms with Gasteiger partial charge in [-0.2, -0.15) is 16.7 Å². The van der Waals surface area contributed by atoms with Crippen molar-refractivity contribution in [2.24, 2.45) is 0 Å². The van der Waals surface area contributed by atoms with Gasteiger partial charge in [0.05, 0.1) is 0 Å². The topological polar surface area (TPSA) is 32.5 Å².